The summed E-state index contributed by atoms with van der Waals surface area (Å²) in [5, 5.41) is 3.63. The second-order valence-corrected chi connectivity index (χ2v) is 5.81. The minimum atomic E-state index is 0.431. The van der Waals surface area contributed by atoms with Crippen LogP contribution in [0.2, 0.25) is 0 Å². The number of hydrogen-bond acceptors (Lipinski definition) is 3. The normalized spacial score (nSPS) is 29.8. The lowest BCUT2D eigenvalue weighted by molar-refractivity contribution is -0.0298. The second kappa shape index (κ2) is 8.13. The minimum Gasteiger partial charge on any atom is -0.381 e. The number of methoxy groups -OCH3 is 1. The highest BCUT2D eigenvalue weighted by atomic mass is 16.5. The molecule has 0 aromatic heterocycles. The lowest BCUT2D eigenvalue weighted by Gasteiger charge is -2.28. The van der Waals surface area contributed by atoms with Crippen molar-refractivity contribution >= 4 is 0 Å². The molecule has 0 aliphatic heterocycles. The van der Waals surface area contributed by atoms with Gasteiger partial charge in [-0.3, -0.25) is 0 Å². The molecule has 0 aromatic rings. The Hall–Kier alpha value is -0.120. The van der Waals surface area contributed by atoms with Crippen molar-refractivity contribution in [3.05, 3.63) is 0 Å². The van der Waals surface area contributed by atoms with Crippen LogP contribution in [0.4, 0.5) is 0 Å². The molecule has 2 rings (SSSR count). The molecular formula is C15H29NO2. The van der Waals surface area contributed by atoms with Crippen LogP contribution in [0.15, 0.2) is 0 Å². The van der Waals surface area contributed by atoms with E-state index in [4.69, 9.17) is 9.47 Å². The van der Waals surface area contributed by atoms with E-state index in [1.807, 2.05) is 7.11 Å². The van der Waals surface area contributed by atoms with E-state index < -0.39 is 0 Å². The van der Waals surface area contributed by atoms with Crippen molar-refractivity contribution in [2.24, 2.45) is 0 Å². The van der Waals surface area contributed by atoms with Gasteiger partial charge in [-0.25, -0.2) is 0 Å². The summed E-state index contributed by atoms with van der Waals surface area (Å²) in [5.74, 6) is 0. The maximum absolute atomic E-state index is 5.96. The molecule has 2 unspecified atom stereocenters. The zero-order chi connectivity index (χ0) is 12.6. The lowest BCUT2D eigenvalue weighted by Crippen LogP contribution is -2.30. The van der Waals surface area contributed by atoms with Crippen LogP contribution in [0.25, 0.3) is 0 Å². The summed E-state index contributed by atoms with van der Waals surface area (Å²) in [4.78, 5) is 0. The van der Waals surface area contributed by atoms with Gasteiger partial charge in [0.2, 0.25) is 0 Å². The zero-order valence-corrected chi connectivity index (χ0v) is 11.8. The van der Waals surface area contributed by atoms with Crippen LogP contribution in [0, 0.1) is 0 Å². The second-order valence-electron chi connectivity index (χ2n) is 5.81. The van der Waals surface area contributed by atoms with Crippen molar-refractivity contribution in [1.29, 1.82) is 0 Å². The van der Waals surface area contributed by atoms with Crippen LogP contribution < -0.4 is 5.32 Å². The third kappa shape index (κ3) is 4.87. The van der Waals surface area contributed by atoms with Crippen molar-refractivity contribution < 1.29 is 9.47 Å². The van der Waals surface area contributed by atoms with Crippen molar-refractivity contribution in [3.63, 3.8) is 0 Å². The van der Waals surface area contributed by atoms with Gasteiger partial charge in [0.05, 0.1) is 12.2 Å². The summed E-state index contributed by atoms with van der Waals surface area (Å²) in [6.07, 6.45) is 12.4. The average Bonchev–Trinajstić information content (AvgIpc) is 2.92. The molecule has 3 nitrogen and oxygen atoms in total. The molecule has 18 heavy (non-hydrogen) atoms. The largest absolute Gasteiger partial charge is 0.381 e. The summed E-state index contributed by atoms with van der Waals surface area (Å²) in [6, 6.07) is 0.789. The van der Waals surface area contributed by atoms with Gasteiger partial charge in [0.1, 0.15) is 0 Å². The minimum absolute atomic E-state index is 0.431. The predicted molar refractivity (Wildman–Crippen MR) is 73.9 cm³/mol. The number of rotatable bonds is 7. The van der Waals surface area contributed by atoms with E-state index in [2.05, 4.69) is 5.32 Å². The summed E-state index contributed by atoms with van der Waals surface area (Å²) < 4.78 is 11.4. The quantitative estimate of drug-likeness (QED) is 0.710. The molecule has 0 bridgehead atoms. The molecule has 2 fully saturated rings. The van der Waals surface area contributed by atoms with Crippen LogP contribution in [0.3, 0.4) is 0 Å². The van der Waals surface area contributed by atoms with E-state index in [0.717, 1.165) is 32.0 Å². The highest BCUT2D eigenvalue weighted by Crippen LogP contribution is 2.23. The van der Waals surface area contributed by atoms with Gasteiger partial charge in [0.25, 0.3) is 0 Å². The molecule has 2 atom stereocenters. The standard InChI is InChI=1S/C15H29NO2/c1-17-14-8-4-9-15(12-14)18-11-5-10-16-13-6-2-3-7-13/h13-16H,2-12H2,1H3. The first-order valence-corrected chi connectivity index (χ1v) is 7.76. The predicted octanol–water partition coefficient (Wildman–Crippen LogP) is 2.88. The van der Waals surface area contributed by atoms with Crippen LogP contribution in [-0.4, -0.2) is 38.5 Å². The molecule has 0 heterocycles. The van der Waals surface area contributed by atoms with Gasteiger partial charge >= 0.3 is 0 Å². The first-order valence-electron chi connectivity index (χ1n) is 7.76. The van der Waals surface area contributed by atoms with Crippen LogP contribution >= 0.6 is 0 Å². The van der Waals surface area contributed by atoms with Crippen molar-refractivity contribution in [2.45, 2.75) is 76.0 Å². The van der Waals surface area contributed by atoms with Crippen LogP contribution in [-0.2, 0) is 9.47 Å². The molecule has 2 saturated carbocycles. The average molecular weight is 255 g/mol. The molecule has 3 heteroatoms. The fourth-order valence-corrected chi connectivity index (χ4v) is 3.23. The number of nitrogens with one attached hydrogen (secondary N) is 1. The Morgan fingerprint density at radius 3 is 2.56 bits per heavy atom. The lowest BCUT2D eigenvalue weighted by atomic mass is 9.95. The van der Waals surface area contributed by atoms with E-state index in [1.165, 1.54) is 44.9 Å². The topological polar surface area (TPSA) is 30.5 Å². The molecular weight excluding hydrogens is 226 g/mol. The number of ether oxygens (including phenoxy) is 2. The van der Waals surface area contributed by atoms with Crippen molar-refractivity contribution in [3.8, 4) is 0 Å². The van der Waals surface area contributed by atoms with Gasteiger partial charge < -0.3 is 14.8 Å². The van der Waals surface area contributed by atoms with E-state index in [9.17, 15) is 0 Å². The molecule has 0 spiro atoms. The van der Waals surface area contributed by atoms with Crippen molar-refractivity contribution in [2.75, 3.05) is 20.3 Å². The SMILES string of the molecule is COC1CCCC(OCCCNC2CCCC2)C1. The van der Waals surface area contributed by atoms with Gasteiger partial charge in [-0.05, 0) is 51.5 Å². The zero-order valence-electron chi connectivity index (χ0n) is 11.8. The van der Waals surface area contributed by atoms with Gasteiger partial charge in [-0.15, -0.1) is 0 Å². The smallest absolute Gasteiger partial charge is 0.0599 e. The molecule has 0 saturated heterocycles. The summed E-state index contributed by atoms with van der Waals surface area (Å²) >= 11 is 0. The molecule has 0 amide bonds. The van der Waals surface area contributed by atoms with E-state index in [-0.39, 0.29) is 0 Å². The maximum atomic E-state index is 5.96. The molecule has 2 aliphatic carbocycles. The first-order chi connectivity index (χ1) is 8.88. The first kappa shape index (κ1) is 14.3. The summed E-state index contributed by atoms with van der Waals surface area (Å²) in [6.45, 7) is 2.02. The molecule has 1 N–H and O–H groups in total. The van der Waals surface area contributed by atoms with E-state index in [1.54, 1.807) is 0 Å². The number of hydrogen-bond donors (Lipinski definition) is 1. The van der Waals surface area contributed by atoms with Gasteiger partial charge in [-0.2, -0.15) is 0 Å². The maximum Gasteiger partial charge on any atom is 0.0599 e. The molecule has 106 valence electrons. The Kier molecular flexibility index (Phi) is 6.46. The fourth-order valence-electron chi connectivity index (χ4n) is 3.23. The van der Waals surface area contributed by atoms with E-state index >= 15 is 0 Å². The monoisotopic (exact) mass is 255 g/mol. The summed E-state index contributed by atoms with van der Waals surface area (Å²) in [7, 11) is 1.82. The fraction of sp³-hybridized carbons (Fsp3) is 1.00. The van der Waals surface area contributed by atoms with Gasteiger partial charge in [0, 0.05) is 19.8 Å². The third-order valence-electron chi connectivity index (χ3n) is 4.37. The van der Waals surface area contributed by atoms with Gasteiger partial charge in [-0.1, -0.05) is 12.8 Å². The molecule has 2 aliphatic rings. The Morgan fingerprint density at radius 1 is 1.00 bits per heavy atom. The summed E-state index contributed by atoms with van der Waals surface area (Å²) in [5.41, 5.74) is 0. The molecule has 0 aromatic carbocycles. The van der Waals surface area contributed by atoms with Crippen LogP contribution in [0.5, 0.6) is 0 Å². The highest BCUT2D eigenvalue weighted by molar-refractivity contribution is 4.74. The molecule has 0 radical (unpaired) electrons. The highest BCUT2D eigenvalue weighted by Gasteiger charge is 2.21. The van der Waals surface area contributed by atoms with E-state index in [0.29, 0.717) is 12.2 Å². The Labute approximate surface area is 112 Å². The Balaban J connectivity index is 1.47. The Morgan fingerprint density at radius 2 is 1.78 bits per heavy atom. The van der Waals surface area contributed by atoms with Gasteiger partial charge in [0.15, 0.2) is 0 Å². The Bertz CT molecular complexity index is 217. The third-order valence-corrected chi connectivity index (χ3v) is 4.37. The van der Waals surface area contributed by atoms with Crippen molar-refractivity contribution in [1.82, 2.24) is 5.32 Å². The van der Waals surface area contributed by atoms with Crippen LogP contribution in [0.1, 0.15) is 57.8 Å².